The van der Waals surface area contributed by atoms with Crippen LogP contribution in [-0.2, 0) is 5.41 Å². The lowest BCUT2D eigenvalue weighted by molar-refractivity contribution is 0.176. The van der Waals surface area contributed by atoms with Crippen LogP contribution < -0.4 is 10.1 Å². The van der Waals surface area contributed by atoms with E-state index in [-0.39, 0.29) is 10.8 Å². The summed E-state index contributed by atoms with van der Waals surface area (Å²) in [6.45, 7) is 16.1. The smallest absolute Gasteiger partial charge is 0.119 e. The topological polar surface area (TPSA) is 21.3 Å². The molecule has 1 rings (SSSR count). The molecule has 114 valence electrons. The van der Waals surface area contributed by atoms with Crippen molar-refractivity contribution >= 4 is 0 Å². The quantitative estimate of drug-likeness (QED) is 0.746. The van der Waals surface area contributed by atoms with Crippen molar-refractivity contribution in [2.75, 3.05) is 19.7 Å². The first-order chi connectivity index (χ1) is 9.24. The molecule has 1 aromatic carbocycles. The summed E-state index contributed by atoms with van der Waals surface area (Å²) in [6, 6.07) is 8.49. The van der Waals surface area contributed by atoms with E-state index in [0.717, 1.165) is 25.4 Å². The molecule has 1 aromatic rings. The first-order valence-corrected chi connectivity index (χ1v) is 7.69. The Morgan fingerprint density at radius 1 is 1.00 bits per heavy atom. The summed E-state index contributed by atoms with van der Waals surface area (Å²) in [6.07, 6.45) is 1.17. The first-order valence-electron chi connectivity index (χ1n) is 7.69. The fourth-order valence-electron chi connectivity index (χ4n) is 1.98. The van der Waals surface area contributed by atoms with Gasteiger partial charge < -0.3 is 10.1 Å². The SMILES string of the molecule is CCCNCC(C)(C)COc1ccc(C(C)(C)C)cc1. The van der Waals surface area contributed by atoms with E-state index in [9.17, 15) is 0 Å². The third kappa shape index (κ3) is 5.96. The molecule has 0 unspecified atom stereocenters. The lowest BCUT2D eigenvalue weighted by atomic mass is 9.87. The van der Waals surface area contributed by atoms with Gasteiger partial charge in [0.15, 0.2) is 0 Å². The average molecular weight is 277 g/mol. The van der Waals surface area contributed by atoms with Gasteiger partial charge in [-0.1, -0.05) is 53.7 Å². The summed E-state index contributed by atoms with van der Waals surface area (Å²) in [5, 5.41) is 3.46. The monoisotopic (exact) mass is 277 g/mol. The molecular weight excluding hydrogens is 246 g/mol. The molecule has 0 saturated carbocycles. The van der Waals surface area contributed by atoms with Crippen LogP contribution in [0.3, 0.4) is 0 Å². The van der Waals surface area contributed by atoms with Crippen LogP contribution in [0.15, 0.2) is 24.3 Å². The third-order valence-electron chi connectivity index (χ3n) is 3.38. The number of ether oxygens (including phenoxy) is 1. The van der Waals surface area contributed by atoms with Crippen LogP contribution in [0, 0.1) is 5.41 Å². The molecule has 0 fully saturated rings. The standard InChI is InChI=1S/C18H31NO/c1-7-12-19-13-18(5,6)14-20-16-10-8-15(9-11-16)17(2,3)4/h8-11,19H,7,12-14H2,1-6H3. The van der Waals surface area contributed by atoms with Crippen molar-refractivity contribution in [3.05, 3.63) is 29.8 Å². The van der Waals surface area contributed by atoms with Gasteiger partial charge in [0.05, 0.1) is 6.61 Å². The maximum Gasteiger partial charge on any atom is 0.119 e. The van der Waals surface area contributed by atoms with E-state index in [2.05, 4.69) is 71.1 Å². The van der Waals surface area contributed by atoms with Crippen LogP contribution in [0.2, 0.25) is 0 Å². The normalized spacial score (nSPS) is 12.5. The van der Waals surface area contributed by atoms with E-state index in [0.29, 0.717) is 0 Å². The van der Waals surface area contributed by atoms with Crippen LogP contribution in [-0.4, -0.2) is 19.7 Å². The highest BCUT2D eigenvalue weighted by Gasteiger charge is 2.18. The van der Waals surface area contributed by atoms with E-state index in [1.165, 1.54) is 12.0 Å². The lowest BCUT2D eigenvalue weighted by Crippen LogP contribution is -2.34. The van der Waals surface area contributed by atoms with Crippen molar-refractivity contribution in [2.24, 2.45) is 5.41 Å². The minimum Gasteiger partial charge on any atom is -0.493 e. The molecule has 2 nitrogen and oxygen atoms in total. The number of rotatable bonds is 7. The Hall–Kier alpha value is -1.02. The van der Waals surface area contributed by atoms with Crippen molar-refractivity contribution in [1.82, 2.24) is 5.32 Å². The maximum atomic E-state index is 5.93. The molecule has 0 aliphatic rings. The summed E-state index contributed by atoms with van der Waals surface area (Å²) in [4.78, 5) is 0. The number of benzene rings is 1. The number of nitrogens with one attached hydrogen (secondary N) is 1. The summed E-state index contributed by atoms with van der Waals surface area (Å²) in [7, 11) is 0. The molecule has 0 aliphatic carbocycles. The van der Waals surface area contributed by atoms with Crippen molar-refractivity contribution < 1.29 is 4.74 Å². The van der Waals surface area contributed by atoms with Crippen molar-refractivity contribution in [1.29, 1.82) is 0 Å². The summed E-state index contributed by atoms with van der Waals surface area (Å²) < 4.78 is 5.93. The van der Waals surface area contributed by atoms with Gasteiger partial charge in [0.2, 0.25) is 0 Å². The predicted octanol–water partition coefficient (Wildman–Crippen LogP) is 4.39. The highest BCUT2D eigenvalue weighted by molar-refractivity contribution is 5.31. The van der Waals surface area contributed by atoms with Gasteiger partial charge >= 0.3 is 0 Å². The Kier molecular flexibility index (Phi) is 6.07. The second-order valence-corrected chi connectivity index (χ2v) is 7.40. The number of hydrogen-bond acceptors (Lipinski definition) is 2. The maximum absolute atomic E-state index is 5.93. The summed E-state index contributed by atoms with van der Waals surface area (Å²) >= 11 is 0. The van der Waals surface area contributed by atoms with Gasteiger partial charge in [0.25, 0.3) is 0 Å². The molecule has 2 heteroatoms. The number of hydrogen-bond donors (Lipinski definition) is 1. The molecular formula is C18H31NO. The average Bonchev–Trinajstić information content (AvgIpc) is 2.36. The molecule has 0 saturated heterocycles. The Bertz CT molecular complexity index is 387. The van der Waals surface area contributed by atoms with E-state index in [4.69, 9.17) is 4.74 Å². The Labute approximate surface area is 124 Å². The van der Waals surface area contributed by atoms with Gasteiger partial charge in [-0.25, -0.2) is 0 Å². The van der Waals surface area contributed by atoms with Gasteiger partial charge in [0, 0.05) is 12.0 Å². The first kappa shape index (κ1) is 17.0. The van der Waals surface area contributed by atoms with E-state index in [1.54, 1.807) is 0 Å². The molecule has 0 atom stereocenters. The Morgan fingerprint density at radius 2 is 1.60 bits per heavy atom. The molecule has 20 heavy (non-hydrogen) atoms. The fourth-order valence-corrected chi connectivity index (χ4v) is 1.98. The van der Waals surface area contributed by atoms with Gasteiger partial charge in [-0.15, -0.1) is 0 Å². The van der Waals surface area contributed by atoms with Gasteiger partial charge in [-0.05, 0) is 36.1 Å². The molecule has 0 radical (unpaired) electrons. The minimum atomic E-state index is 0.151. The van der Waals surface area contributed by atoms with Crippen LogP contribution in [0.25, 0.3) is 0 Å². The van der Waals surface area contributed by atoms with Crippen molar-refractivity contribution in [3.8, 4) is 5.75 Å². The zero-order valence-corrected chi connectivity index (χ0v) is 14.0. The van der Waals surface area contributed by atoms with E-state index >= 15 is 0 Å². The summed E-state index contributed by atoms with van der Waals surface area (Å²) in [5.74, 6) is 0.960. The van der Waals surface area contributed by atoms with Crippen LogP contribution in [0.1, 0.15) is 53.5 Å². The molecule has 0 aliphatic heterocycles. The molecule has 0 aromatic heterocycles. The summed E-state index contributed by atoms with van der Waals surface area (Å²) in [5.41, 5.74) is 1.69. The predicted molar refractivity (Wildman–Crippen MR) is 87.6 cm³/mol. The van der Waals surface area contributed by atoms with Gasteiger partial charge in [0.1, 0.15) is 5.75 Å². The largest absolute Gasteiger partial charge is 0.493 e. The molecule has 0 heterocycles. The molecule has 0 bridgehead atoms. The molecule has 0 amide bonds. The lowest BCUT2D eigenvalue weighted by Gasteiger charge is -2.25. The molecule has 1 N–H and O–H groups in total. The Balaban J connectivity index is 2.49. The van der Waals surface area contributed by atoms with E-state index in [1.807, 2.05) is 0 Å². The van der Waals surface area contributed by atoms with Gasteiger partial charge in [-0.3, -0.25) is 0 Å². The second kappa shape index (κ2) is 7.12. The highest BCUT2D eigenvalue weighted by atomic mass is 16.5. The Morgan fingerprint density at radius 3 is 2.10 bits per heavy atom. The minimum absolute atomic E-state index is 0.151. The van der Waals surface area contributed by atoms with Gasteiger partial charge in [-0.2, -0.15) is 0 Å². The third-order valence-corrected chi connectivity index (χ3v) is 3.38. The molecule has 0 spiro atoms. The highest BCUT2D eigenvalue weighted by Crippen LogP contribution is 2.25. The van der Waals surface area contributed by atoms with E-state index < -0.39 is 0 Å². The van der Waals surface area contributed by atoms with Crippen molar-refractivity contribution in [3.63, 3.8) is 0 Å². The van der Waals surface area contributed by atoms with Crippen LogP contribution in [0.4, 0.5) is 0 Å². The zero-order chi connectivity index (χ0) is 15.2. The zero-order valence-electron chi connectivity index (χ0n) is 14.0. The van der Waals surface area contributed by atoms with Crippen molar-refractivity contribution in [2.45, 2.75) is 53.4 Å². The second-order valence-electron chi connectivity index (χ2n) is 7.40. The van der Waals surface area contributed by atoms with Crippen LogP contribution >= 0.6 is 0 Å². The van der Waals surface area contributed by atoms with Crippen LogP contribution in [0.5, 0.6) is 5.75 Å². The fraction of sp³-hybridized carbons (Fsp3) is 0.667.